The largest absolute Gasteiger partial charge is 0.360 e. The van der Waals surface area contributed by atoms with Crippen molar-refractivity contribution in [1.29, 1.82) is 0 Å². The fourth-order valence-electron chi connectivity index (χ4n) is 6.04. The molecule has 1 unspecified atom stereocenters. The van der Waals surface area contributed by atoms with Gasteiger partial charge in [-0.25, -0.2) is 4.98 Å². The first kappa shape index (κ1) is 26.5. The van der Waals surface area contributed by atoms with Crippen molar-refractivity contribution in [3.05, 3.63) is 162 Å². The van der Waals surface area contributed by atoms with Gasteiger partial charge in [0.05, 0.1) is 22.4 Å². The molecule has 1 aliphatic carbocycles. The summed E-state index contributed by atoms with van der Waals surface area (Å²) in [7, 11) is 4.21. The Kier molecular flexibility index (Phi) is 6.88. The molecule has 0 spiro atoms. The molecule has 210 valence electrons. The zero-order chi connectivity index (χ0) is 29.3. The Hall–Kier alpha value is -5.35. The lowest BCUT2D eigenvalue weighted by Crippen LogP contribution is -2.23. The van der Waals surface area contributed by atoms with Crippen LogP contribution in [0.1, 0.15) is 29.3 Å². The molecule has 2 aliphatic rings. The van der Waals surface area contributed by atoms with Gasteiger partial charge < -0.3 is 14.8 Å². The highest BCUT2D eigenvalue weighted by Crippen LogP contribution is 2.39. The maximum absolute atomic E-state index is 4.84. The van der Waals surface area contributed by atoms with Crippen molar-refractivity contribution in [3.8, 4) is 11.4 Å². The summed E-state index contributed by atoms with van der Waals surface area (Å²) >= 11 is 0. The van der Waals surface area contributed by atoms with Gasteiger partial charge in [0.25, 0.3) is 0 Å². The average Bonchev–Trinajstić information content (AvgIpc) is 3.58. The van der Waals surface area contributed by atoms with Gasteiger partial charge in [-0.15, -0.1) is 0 Å². The van der Waals surface area contributed by atoms with Crippen molar-refractivity contribution in [2.24, 2.45) is 7.05 Å². The summed E-state index contributed by atoms with van der Waals surface area (Å²) in [6, 6.07) is 34.2. The van der Waals surface area contributed by atoms with E-state index in [1.807, 2.05) is 12.1 Å². The number of allylic oxidation sites excluding steroid dienone is 9. The SMILES string of the molecule is C=C/C(=C\C=C1\C=CC(c2ccc(-c3nc4ccccc4n3C)cc2)=CC1)c1ccc(C2Nc3ccccc3N2C)cc1. The van der Waals surface area contributed by atoms with Crippen LogP contribution in [0.15, 0.2) is 146 Å². The summed E-state index contributed by atoms with van der Waals surface area (Å²) in [5.41, 5.74) is 12.9. The van der Waals surface area contributed by atoms with Crippen molar-refractivity contribution in [2.75, 3.05) is 17.3 Å². The Labute approximate surface area is 253 Å². The standard InChI is InChI=1S/C39H34N4/c1-4-28(29-19-23-32(24-20-29)38-40-34-9-5-7-11-36(34)42(38)2)16-13-27-14-17-30(18-15-27)31-21-25-33(26-22-31)39-41-35-10-6-8-12-37(35)43(39)3/h4-14,16-26,38,40H,1,15H2,2-3H3/b27-13-,28-16+. The maximum atomic E-state index is 4.84. The van der Waals surface area contributed by atoms with Gasteiger partial charge in [-0.3, -0.25) is 0 Å². The van der Waals surface area contributed by atoms with E-state index in [0.717, 1.165) is 40.0 Å². The molecule has 5 aromatic rings. The van der Waals surface area contributed by atoms with E-state index in [1.165, 1.54) is 33.6 Å². The fourth-order valence-corrected chi connectivity index (χ4v) is 6.04. The minimum Gasteiger partial charge on any atom is -0.360 e. The lowest BCUT2D eigenvalue weighted by atomic mass is 9.95. The molecule has 0 radical (unpaired) electrons. The van der Waals surface area contributed by atoms with Crippen LogP contribution in [-0.2, 0) is 7.05 Å². The number of nitrogens with one attached hydrogen (secondary N) is 1. The molecule has 0 saturated heterocycles. The third-order valence-corrected chi connectivity index (χ3v) is 8.52. The first-order valence-corrected chi connectivity index (χ1v) is 14.7. The Morgan fingerprint density at radius 1 is 0.860 bits per heavy atom. The van der Waals surface area contributed by atoms with Crippen molar-refractivity contribution >= 4 is 33.6 Å². The number of anilines is 2. The molecular weight excluding hydrogens is 524 g/mol. The maximum Gasteiger partial charge on any atom is 0.140 e. The van der Waals surface area contributed by atoms with Gasteiger partial charge in [0.2, 0.25) is 0 Å². The van der Waals surface area contributed by atoms with Crippen LogP contribution < -0.4 is 10.2 Å². The number of rotatable bonds is 6. The van der Waals surface area contributed by atoms with Crippen LogP contribution in [0.5, 0.6) is 0 Å². The number of fused-ring (bicyclic) bond motifs is 2. The van der Waals surface area contributed by atoms with Gasteiger partial charge in [0, 0.05) is 19.7 Å². The van der Waals surface area contributed by atoms with Crippen LogP contribution in [0, 0.1) is 0 Å². The quantitative estimate of drug-likeness (QED) is 0.211. The van der Waals surface area contributed by atoms with Crippen molar-refractivity contribution in [2.45, 2.75) is 12.6 Å². The first-order valence-electron chi connectivity index (χ1n) is 14.7. The Morgan fingerprint density at radius 2 is 1.60 bits per heavy atom. The molecule has 4 heteroatoms. The number of nitrogens with zero attached hydrogens (tertiary/aromatic N) is 3. The lowest BCUT2D eigenvalue weighted by Gasteiger charge is -2.22. The number of para-hydroxylation sites is 4. The smallest absolute Gasteiger partial charge is 0.140 e. The summed E-state index contributed by atoms with van der Waals surface area (Å²) in [5.74, 6) is 0.985. The molecule has 0 fully saturated rings. The predicted octanol–water partition coefficient (Wildman–Crippen LogP) is 9.34. The normalized spacial score (nSPS) is 17.2. The van der Waals surface area contributed by atoms with Gasteiger partial charge in [-0.05, 0) is 64.1 Å². The molecule has 4 nitrogen and oxygen atoms in total. The molecule has 7 rings (SSSR count). The highest BCUT2D eigenvalue weighted by molar-refractivity contribution is 5.82. The molecule has 0 saturated carbocycles. The van der Waals surface area contributed by atoms with E-state index in [0.29, 0.717) is 0 Å². The molecule has 1 aliphatic heterocycles. The number of hydrogen-bond donors (Lipinski definition) is 1. The molecule has 4 aromatic carbocycles. The van der Waals surface area contributed by atoms with Gasteiger partial charge >= 0.3 is 0 Å². The summed E-state index contributed by atoms with van der Waals surface area (Å²) in [6.45, 7) is 4.08. The number of benzene rings is 4. The minimum absolute atomic E-state index is 0.129. The van der Waals surface area contributed by atoms with E-state index in [-0.39, 0.29) is 6.17 Å². The van der Waals surface area contributed by atoms with E-state index >= 15 is 0 Å². The Bertz CT molecular complexity index is 1950. The van der Waals surface area contributed by atoms with Crippen LogP contribution in [0.25, 0.3) is 33.6 Å². The van der Waals surface area contributed by atoms with Crippen LogP contribution in [0.3, 0.4) is 0 Å². The van der Waals surface area contributed by atoms with E-state index < -0.39 is 0 Å². The highest BCUT2D eigenvalue weighted by atomic mass is 15.3. The van der Waals surface area contributed by atoms with Crippen LogP contribution in [0.2, 0.25) is 0 Å². The fraction of sp³-hybridized carbons (Fsp3) is 0.103. The van der Waals surface area contributed by atoms with E-state index in [9.17, 15) is 0 Å². The molecular formula is C39H34N4. The molecule has 43 heavy (non-hydrogen) atoms. The van der Waals surface area contributed by atoms with Crippen molar-refractivity contribution in [3.63, 3.8) is 0 Å². The Morgan fingerprint density at radius 3 is 2.33 bits per heavy atom. The van der Waals surface area contributed by atoms with Crippen LogP contribution in [0.4, 0.5) is 11.4 Å². The van der Waals surface area contributed by atoms with Crippen molar-refractivity contribution in [1.82, 2.24) is 9.55 Å². The predicted molar refractivity (Wildman–Crippen MR) is 182 cm³/mol. The van der Waals surface area contributed by atoms with E-state index in [4.69, 9.17) is 4.98 Å². The monoisotopic (exact) mass is 558 g/mol. The van der Waals surface area contributed by atoms with Gasteiger partial charge in [0.15, 0.2) is 0 Å². The number of aryl methyl sites for hydroxylation is 1. The molecule has 1 N–H and O–H groups in total. The zero-order valence-corrected chi connectivity index (χ0v) is 24.5. The van der Waals surface area contributed by atoms with Gasteiger partial charge in [-0.1, -0.05) is 116 Å². The second-order valence-corrected chi connectivity index (χ2v) is 11.1. The average molecular weight is 559 g/mol. The second-order valence-electron chi connectivity index (χ2n) is 11.1. The molecule has 1 atom stereocenters. The second kappa shape index (κ2) is 11.1. The third kappa shape index (κ3) is 5.02. The zero-order valence-electron chi connectivity index (χ0n) is 24.5. The number of aromatic nitrogens is 2. The van der Waals surface area contributed by atoms with Crippen LogP contribution >= 0.6 is 0 Å². The summed E-state index contributed by atoms with van der Waals surface area (Å²) in [4.78, 5) is 7.13. The van der Waals surface area contributed by atoms with Crippen molar-refractivity contribution < 1.29 is 0 Å². The molecule has 0 bridgehead atoms. The first-order chi connectivity index (χ1) is 21.1. The number of hydrogen-bond acceptors (Lipinski definition) is 3. The van der Waals surface area contributed by atoms with E-state index in [2.05, 4.69) is 157 Å². The van der Waals surface area contributed by atoms with Crippen LogP contribution in [-0.4, -0.2) is 16.6 Å². The highest BCUT2D eigenvalue weighted by Gasteiger charge is 2.26. The topological polar surface area (TPSA) is 33.1 Å². The summed E-state index contributed by atoms with van der Waals surface area (Å²) in [5, 5.41) is 3.63. The minimum atomic E-state index is 0.129. The number of imidazole rings is 1. The van der Waals surface area contributed by atoms with Gasteiger partial charge in [-0.2, -0.15) is 0 Å². The third-order valence-electron chi connectivity index (χ3n) is 8.52. The molecule has 0 amide bonds. The van der Waals surface area contributed by atoms with E-state index in [1.54, 1.807) is 0 Å². The lowest BCUT2D eigenvalue weighted by molar-refractivity contribution is 0.792. The summed E-state index contributed by atoms with van der Waals surface area (Å²) < 4.78 is 2.16. The molecule has 2 heterocycles. The van der Waals surface area contributed by atoms with Gasteiger partial charge in [0.1, 0.15) is 12.0 Å². The Balaban J connectivity index is 1.03. The summed E-state index contributed by atoms with van der Waals surface area (Å²) in [6.07, 6.45) is 14.0. The molecule has 1 aromatic heterocycles.